The van der Waals surface area contributed by atoms with Crippen molar-refractivity contribution in [1.82, 2.24) is 0 Å². The monoisotopic (exact) mass is 1090 g/mol. The lowest BCUT2D eigenvalue weighted by atomic mass is 10.0. The van der Waals surface area contributed by atoms with Crippen molar-refractivity contribution < 1.29 is 28.6 Å². The van der Waals surface area contributed by atoms with Crippen molar-refractivity contribution >= 4 is 17.9 Å². The number of ether oxygens (including phenoxy) is 3. The van der Waals surface area contributed by atoms with Gasteiger partial charge < -0.3 is 14.2 Å². The fourth-order valence-electron chi connectivity index (χ4n) is 9.58. The van der Waals surface area contributed by atoms with Crippen LogP contribution in [-0.2, 0) is 28.6 Å². The second-order valence-electron chi connectivity index (χ2n) is 22.3. The van der Waals surface area contributed by atoms with Crippen molar-refractivity contribution in [2.45, 2.75) is 341 Å². The molecule has 0 aliphatic carbocycles. The Labute approximate surface area is 484 Å². The third-order valence-corrected chi connectivity index (χ3v) is 14.6. The van der Waals surface area contributed by atoms with Gasteiger partial charge >= 0.3 is 17.9 Å². The van der Waals surface area contributed by atoms with Crippen LogP contribution >= 0.6 is 0 Å². The van der Waals surface area contributed by atoms with Crippen LogP contribution in [0.2, 0.25) is 0 Å². The van der Waals surface area contributed by atoms with E-state index in [0.717, 1.165) is 103 Å². The molecular weight excluding hydrogens is 961 g/mol. The Morgan fingerprint density at radius 3 is 0.795 bits per heavy atom. The van der Waals surface area contributed by atoms with Gasteiger partial charge in [0, 0.05) is 19.3 Å². The third-order valence-electron chi connectivity index (χ3n) is 14.6. The van der Waals surface area contributed by atoms with E-state index in [-0.39, 0.29) is 31.1 Å². The Morgan fingerprint density at radius 2 is 0.500 bits per heavy atom. The molecule has 0 aromatic heterocycles. The second kappa shape index (κ2) is 66.1. The predicted octanol–water partition coefficient (Wildman–Crippen LogP) is 23.1. The van der Waals surface area contributed by atoms with Gasteiger partial charge in [-0.15, -0.1) is 0 Å². The number of carbonyl (C=O) groups excluding carboxylic acids is 3. The molecule has 0 aliphatic heterocycles. The molecule has 0 amide bonds. The smallest absolute Gasteiger partial charge is 0.306 e. The number of carbonyl (C=O) groups is 3. The topological polar surface area (TPSA) is 78.9 Å². The Morgan fingerprint density at radius 1 is 0.269 bits per heavy atom. The van der Waals surface area contributed by atoms with Crippen molar-refractivity contribution in [3.63, 3.8) is 0 Å². The quantitative estimate of drug-likeness (QED) is 0.0261. The minimum Gasteiger partial charge on any atom is -0.462 e. The zero-order valence-electron chi connectivity index (χ0n) is 51.7. The molecule has 450 valence electrons. The summed E-state index contributed by atoms with van der Waals surface area (Å²) in [5, 5.41) is 0. The first-order chi connectivity index (χ1) is 38.5. The van der Waals surface area contributed by atoms with Gasteiger partial charge in [0.05, 0.1) is 0 Å². The van der Waals surface area contributed by atoms with E-state index in [1.807, 2.05) is 0 Å². The van der Waals surface area contributed by atoms with Gasteiger partial charge in [-0.3, -0.25) is 14.4 Å². The molecule has 1 atom stereocenters. The van der Waals surface area contributed by atoms with Gasteiger partial charge in [-0.25, -0.2) is 0 Å². The second-order valence-corrected chi connectivity index (χ2v) is 22.3. The molecule has 78 heavy (non-hydrogen) atoms. The van der Waals surface area contributed by atoms with Crippen LogP contribution in [-0.4, -0.2) is 37.2 Å². The molecule has 0 aromatic carbocycles. The van der Waals surface area contributed by atoms with Crippen LogP contribution < -0.4 is 0 Å². The lowest BCUT2D eigenvalue weighted by molar-refractivity contribution is -0.167. The fourth-order valence-corrected chi connectivity index (χ4v) is 9.58. The van der Waals surface area contributed by atoms with Crippen LogP contribution in [0.1, 0.15) is 335 Å². The Bertz CT molecular complexity index is 1480. The largest absolute Gasteiger partial charge is 0.462 e. The number of unbranched alkanes of at least 4 members (excludes halogenated alkanes) is 36. The molecular formula is C72H126O6. The first kappa shape index (κ1) is 74.6. The van der Waals surface area contributed by atoms with Crippen molar-refractivity contribution in [1.29, 1.82) is 0 Å². The summed E-state index contributed by atoms with van der Waals surface area (Å²) in [4.78, 5) is 38.4. The Kier molecular flexibility index (Phi) is 63.2. The Hall–Kier alpha value is -3.41. The van der Waals surface area contributed by atoms with Crippen LogP contribution in [0.4, 0.5) is 0 Å². The summed E-state index contributed by atoms with van der Waals surface area (Å²) in [6.07, 6.45) is 87.3. The number of hydrogen-bond acceptors (Lipinski definition) is 6. The van der Waals surface area contributed by atoms with E-state index in [9.17, 15) is 14.4 Å². The molecule has 0 aliphatic rings. The molecule has 0 saturated carbocycles. The van der Waals surface area contributed by atoms with Crippen molar-refractivity contribution in [3.8, 4) is 0 Å². The molecule has 0 saturated heterocycles. The molecule has 0 radical (unpaired) electrons. The van der Waals surface area contributed by atoms with Gasteiger partial charge in [-0.1, -0.05) is 286 Å². The normalized spacial score (nSPS) is 12.6. The average Bonchev–Trinajstić information content (AvgIpc) is 3.44. The van der Waals surface area contributed by atoms with Gasteiger partial charge in [0.15, 0.2) is 6.10 Å². The van der Waals surface area contributed by atoms with E-state index in [1.165, 1.54) is 193 Å². The van der Waals surface area contributed by atoms with E-state index in [0.29, 0.717) is 19.3 Å². The minimum atomic E-state index is -0.787. The first-order valence-corrected chi connectivity index (χ1v) is 33.6. The van der Waals surface area contributed by atoms with Gasteiger partial charge in [-0.2, -0.15) is 0 Å². The highest BCUT2D eigenvalue weighted by molar-refractivity contribution is 5.71. The molecule has 0 aromatic rings. The summed E-state index contributed by atoms with van der Waals surface area (Å²) in [7, 11) is 0. The predicted molar refractivity (Wildman–Crippen MR) is 339 cm³/mol. The summed E-state index contributed by atoms with van der Waals surface area (Å²) in [5.41, 5.74) is 0. The third kappa shape index (κ3) is 63.4. The fraction of sp³-hybridized carbons (Fsp3) is 0.764. The standard InChI is InChI=1S/C72H126O6/c1-4-7-10-13-16-19-22-25-28-31-33-35-36-38-39-41-44-47-50-53-56-59-62-65-71(74)77-68-69(67-76-70(73)64-61-58-55-52-49-46-43-30-27-24-21-18-15-12-9-6-3)78-72(75)66-63-60-57-54-51-48-45-42-40-37-34-32-29-26-23-20-17-14-11-8-5-2/h8,11,17,20,22,25-26,29-31,33-34,37,43,69H,4-7,9-10,12-16,18-19,21,23-24,27-28,32,35-36,38-42,44-68H2,1-3H3/b11-8-,20-17-,25-22-,29-26-,33-31-,37-34-,43-30-. The maximum atomic E-state index is 12.9. The van der Waals surface area contributed by atoms with Crippen LogP contribution in [0.5, 0.6) is 0 Å². The van der Waals surface area contributed by atoms with E-state index >= 15 is 0 Å². The maximum absolute atomic E-state index is 12.9. The van der Waals surface area contributed by atoms with E-state index in [2.05, 4.69) is 106 Å². The van der Waals surface area contributed by atoms with Crippen molar-refractivity contribution in [2.24, 2.45) is 0 Å². The van der Waals surface area contributed by atoms with E-state index in [1.54, 1.807) is 0 Å². The van der Waals surface area contributed by atoms with Crippen LogP contribution in [0.3, 0.4) is 0 Å². The van der Waals surface area contributed by atoms with Gasteiger partial charge in [0.25, 0.3) is 0 Å². The molecule has 0 N–H and O–H groups in total. The summed E-state index contributed by atoms with van der Waals surface area (Å²) >= 11 is 0. The van der Waals surface area contributed by atoms with Crippen LogP contribution in [0.25, 0.3) is 0 Å². The highest BCUT2D eigenvalue weighted by Gasteiger charge is 2.19. The van der Waals surface area contributed by atoms with Gasteiger partial charge in [0.1, 0.15) is 13.2 Å². The highest BCUT2D eigenvalue weighted by atomic mass is 16.6. The van der Waals surface area contributed by atoms with E-state index in [4.69, 9.17) is 14.2 Å². The first-order valence-electron chi connectivity index (χ1n) is 33.6. The lowest BCUT2D eigenvalue weighted by Gasteiger charge is -2.18. The molecule has 6 heteroatoms. The molecule has 0 fully saturated rings. The van der Waals surface area contributed by atoms with Gasteiger partial charge in [0.2, 0.25) is 0 Å². The number of hydrogen-bond donors (Lipinski definition) is 0. The molecule has 0 rings (SSSR count). The van der Waals surface area contributed by atoms with Crippen molar-refractivity contribution in [2.75, 3.05) is 13.2 Å². The maximum Gasteiger partial charge on any atom is 0.306 e. The van der Waals surface area contributed by atoms with Crippen LogP contribution in [0, 0.1) is 0 Å². The summed E-state index contributed by atoms with van der Waals surface area (Å²) in [6, 6.07) is 0. The molecule has 0 heterocycles. The molecule has 6 nitrogen and oxygen atoms in total. The average molecular weight is 1090 g/mol. The zero-order chi connectivity index (χ0) is 56.4. The molecule has 0 bridgehead atoms. The minimum absolute atomic E-state index is 0.0821. The number of allylic oxidation sites excluding steroid dienone is 14. The highest BCUT2D eigenvalue weighted by Crippen LogP contribution is 2.16. The van der Waals surface area contributed by atoms with E-state index < -0.39 is 6.10 Å². The molecule has 1 unspecified atom stereocenters. The van der Waals surface area contributed by atoms with Crippen LogP contribution in [0.15, 0.2) is 85.1 Å². The lowest BCUT2D eigenvalue weighted by Crippen LogP contribution is -2.30. The summed E-state index contributed by atoms with van der Waals surface area (Å²) in [6.45, 7) is 6.54. The number of esters is 3. The van der Waals surface area contributed by atoms with Gasteiger partial charge in [-0.05, 0) is 116 Å². The Balaban J connectivity index is 4.37. The zero-order valence-corrected chi connectivity index (χ0v) is 51.7. The molecule has 0 spiro atoms. The summed E-state index contributed by atoms with van der Waals surface area (Å²) in [5.74, 6) is -0.885. The SMILES string of the molecule is CC/C=C\C/C=C\C/C=C\C/C=C\CCCCCCCCCCC(=O)OC(COC(=O)CCCCCCC/C=C\CCCCCCCCC)COC(=O)CCCCCCCCCCCCC/C=C\C/C=C\CCCCCCC. The number of rotatable bonds is 61. The van der Waals surface area contributed by atoms with Crippen molar-refractivity contribution in [3.05, 3.63) is 85.1 Å². The summed E-state index contributed by atoms with van der Waals surface area (Å²) < 4.78 is 17.0.